The van der Waals surface area contributed by atoms with E-state index < -0.39 is 24.0 Å². The Labute approximate surface area is 149 Å². The van der Waals surface area contributed by atoms with Gasteiger partial charge in [-0.3, -0.25) is 9.59 Å². The van der Waals surface area contributed by atoms with E-state index in [1.54, 1.807) is 0 Å². The fourth-order valence-corrected chi connectivity index (χ4v) is 2.80. The van der Waals surface area contributed by atoms with Gasteiger partial charge in [0.2, 0.25) is 11.8 Å². The van der Waals surface area contributed by atoms with E-state index in [-0.39, 0.29) is 18.2 Å². The van der Waals surface area contributed by atoms with Crippen LogP contribution in [0.3, 0.4) is 0 Å². The maximum atomic E-state index is 12.5. The first-order chi connectivity index (χ1) is 11.6. The smallest absolute Gasteiger partial charge is 0.326 e. The molecule has 0 aliphatic rings. The van der Waals surface area contributed by atoms with Crippen LogP contribution in [0.2, 0.25) is 0 Å². The second-order valence-electron chi connectivity index (χ2n) is 6.86. The molecule has 138 valence electrons. The molecule has 6 heteroatoms. The van der Waals surface area contributed by atoms with Gasteiger partial charge in [0.1, 0.15) is 12.1 Å². The van der Waals surface area contributed by atoms with Gasteiger partial charge in [-0.15, -0.1) is 0 Å². The van der Waals surface area contributed by atoms with Gasteiger partial charge in [-0.25, -0.2) is 4.79 Å². The fraction of sp³-hybridized carbons (Fsp3) is 0.526. The molecular weight excluding hydrogens is 320 g/mol. The average molecular weight is 348 g/mol. The standard InChI is InChI=1S/C19H28N2O4/c1-11(2)9-16(20-14(5)22)18(23)21-17(19(24)25)10-15-12(3)7-6-8-13(15)4/h6-8,11,16-17H,9-10H2,1-5H3,(H,20,22)(H,21,23)(H,24,25)/t16-,17-/m0/s1. The summed E-state index contributed by atoms with van der Waals surface area (Å²) < 4.78 is 0. The quantitative estimate of drug-likeness (QED) is 0.669. The molecule has 0 radical (unpaired) electrons. The Morgan fingerprint density at radius 3 is 2.04 bits per heavy atom. The van der Waals surface area contributed by atoms with Crippen molar-refractivity contribution in [3.63, 3.8) is 0 Å². The lowest BCUT2D eigenvalue weighted by Gasteiger charge is -2.23. The second kappa shape index (κ2) is 9.20. The number of carboxylic acid groups (broad SMARTS) is 1. The molecule has 1 aromatic carbocycles. The van der Waals surface area contributed by atoms with Crippen LogP contribution >= 0.6 is 0 Å². The van der Waals surface area contributed by atoms with Gasteiger partial charge in [0.05, 0.1) is 0 Å². The highest BCUT2D eigenvalue weighted by Crippen LogP contribution is 2.16. The molecule has 2 amide bonds. The van der Waals surface area contributed by atoms with Crippen LogP contribution in [0.5, 0.6) is 0 Å². The number of carboxylic acids is 1. The van der Waals surface area contributed by atoms with Crippen LogP contribution in [0.1, 0.15) is 43.9 Å². The second-order valence-corrected chi connectivity index (χ2v) is 6.86. The zero-order chi connectivity index (χ0) is 19.1. The Morgan fingerprint density at radius 1 is 1.04 bits per heavy atom. The van der Waals surface area contributed by atoms with Gasteiger partial charge in [-0.1, -0.05) is 32.0 Å². The van der Waals surface area contributed by atoms with E-state index in [2.05, 4.69) is 10.6 Å². The number of hydrogen-bond acceptors (Lipinski definition) is 3. The van der Waals surface area contributed by atoms with Crippen LogP contribution in [-0.2, 0) is 20.8 Å². The Kier molecular flexibility index (Phi) is 7.61. The first-order valence-corrected chi connectivity index (χ1v) is 8.47. The summed E-state index contributed by atoms with van der Waals surface area (Å²) in [7, 11) is 0. The third-order valence-corrected chi connectivity index (χ3v) is 4.07. The molecule has 0 fully saturated rings. The number of aliphatic carboxylic acids is 1. The normalized spacial score (nSPS) is 13.2. The number of benzene rings is 1. The minimum Gasteiger partial charge on any atom is -0.480 e. The summed E-state index contributed by atoms with van der Waals surface area (Å²) in [4.78, 5) is 35.5. The number of carbonyl (C=O) groups excluding carboxylic acids is 2. The molecule has 2 atom stereocenters. The molecule has 3 N–H and O–H groups in total. The van der Waals surface area contributed by atoms with Gasteiger partial charge in [0, 0.05) is 13.3 Å². The van der Waals surface area contributed by atoms with Crippen LogP contribution in [0.15, 0.2) is 18.2 Å². The third kappa shape index (κ3) is 6.57. The zero-order valence-electron chi connectivity index (χ0n) is 15.6. The van der Waals surface area contributed by atoms with Crippen LogP contribution < -0.4 is 10.6 Å². The zero-order valence-corrected chi connectivity index (χ0v) is 15.6. The first-order valence-electron chi connectivity index (χ1n) is 8.47. The Balaban J connectivity index is 2.93. The Morgan fingerprint density at radius 2 is 1.60 bits per heavy atom. The molecule has 0 aliphatic carbocycles. The molecule has 1 rings (SSSR count). The molecule has 6 nitrogen and oxygen atoms in total. The lowest BCUT2D eigenvalue weighted by molar-refractivity contribution is -0.142. The number of aryl methyl sites for hydroxylation is 2. The first kappa shape index (κ1) is 20.7. The van der Waals surface area contributed by atoms with Gasteiger partial charge in [0.25, 0.3) is 0 Å². The summed E-state index contributed by atoms with van der Waals surface area (Å²) in [6, 6.07) is 3.97. The summed E-state index contributed by atoms with van der Waals surface area (Å²) >= 11 is 0. The maximum absolute atomic E-state index is 12.5. The van der Waals surface area contributed by atoms with E-state index in [0.29, 0.717) is 6.42 Å². The van der Waals surface area contributed by atoms with E-state index in [0.717, 1.165) is 16.7 Å². The summed E-state index contributed by atoms with van der Waals surface area (Å²) in [6.07, 6.45) is 0.648. The summed E-state index contributed by atoms with van der Waals surface area (Å²) in [5.41, 5.74) is 2.89. The predicted octanol–water partition coefficient (Wildman–Crippen LogP) is 1.97. The van der Waals surface area contributed by atoms with Crippen molar-refractivity contribution >= 4 is 17.8 Å². The summed E-state index contributed by atoms with van der Waals surface area (Å²) in [5.74, 6) is -1.70. The molecule has 0 spiro atoms. The minimum atomic E-state index is -1.10. The van der Waals surface area contributed by atoms with Crippen molar-refractivity contribution < 1.29 is 19.5 Å². The summed E-state index contributed by atoms with van der Waals surface area (Å²) in [5, 5.41) is 14.7. The Hall–Kier alpha value is -2.37. The van der Waals surface area contributed by atoms with Crippen molar-refractivity contribution in [1.29, 1.82) is 0 Å². The van der Waals surface area contributed by atoms with Crippen LogP contribution in [0, 0.1) is 19.8 Å². The van der Waals surface area contributed by atoms with Gasteiger partial charge < -0.3 is 15.7 Å². The monoisotopic (exact) mass is 348 g/mol. The summed E-state index contributed by atoms with van der Waals surface area (Å²) in [6.45, 7) is 9.05. The predicted molar refractivity (Wildman–Crippen MR) is 96.2 cm³/mol. The minimum absolute atomic E-state index is 0.185. The molecule has 0 saturated carbocycles. The molecule has 1 aromatic rings. The van der Waals surface area contributed by atoms with E-state index in [1.165, 1.54) is 6.92 Å². The highest BCUT2D eigenvalue weighted by molar-refractivity contribution is 5.90. The number of amides is 2. The van der Waals surface area contributed by atoms with Crippen molar-refractivity contribution in [3.05, 3.63) is 34.9 Å². The number of carbonyl (C=O) groups is 3. The number of hydrogen-bond donors (Lipinski definition) is 3. The molecule has 0 heterocycles. The molecule has 0 aliphatic heterocycles. The van der Waals surface area contributed by atoms with Crippen LogP contribution in [0.4, 0.5) is 0 Å². The van der Waals surface area contributed by atoms with Crippen molar-refractivity contribution in [2.45, 2.75) is 59.5 Å². The van der Waals surface area contributed by atoms with Crippen molar-refractivity contribution in [3.8, 4) is 0 Å². The van der Waals surface area contributed by atoms with E-state index in [4.69, 9.17) is 0 Å². The largest absolute Gasteiger partial charge is 0.480 e. The van der Waals surface area contributed by atoms with E-state index in [9.17, 15) is 19.5 Å². The Bertz CT molecular complexity index is 620. The molecule has 25 heavy (non-hydrogen) atoms. The number of nitrogens with one attached hydrogen (secondary N) is 2. The topological polar surface area (TPSA) is 95.5 Å². The van der Waals surface area contributed by atoms with E-state index >= 15 is 0 Å². The SMILES string of the molecule is CC(=O)N[C@@H](CC(C)C)C(=O)N[C@@H](Cc1c(C)cccc1C)C(=O)O. The van der Waals surface area contributed by atoms with Crippen molar-refractivity contribution in [2.24, 2.45) is 5.92 Å². The van der Waals surface area contributed by atoms with E-state index in [1.807, 2.05) is 45.9 Å². The van der Waals surface area contributed by atoms with Gasteiger partial charge >= 0.3 is 5.97 Å². The third-order valence-electron chi connectivity index (χ3n) is 4.07. The van der Waals surface area contributed by atoms with Gasteiger partial charge in [0.15, 0.2) is 0 Å². The highest BCUT2D eigenvalue weighted by atomic mass is 16.4. The highest BCUT2D eigenvalue weighted by Gasteiger charge is 2.27. The molecule has 0 aromatic heterocycles. The van der Waals surface area contributed by atoms with Crippen LogP contribution in [-0.4, -0.2) is 35.0 Å². The molecule has 0 unspecified atom stereocenters. The maximum Gasteiger partial charge on any atom is 0.326 e. The van der Waals surface area contributed by atoms with Gasteiger partial charge in [-0.2, -0.15) is 0 Å². The lowest BCUT2D eigenvalue weighted by Crippen LogP contribution is -2.52. The molecule has 0 bridgehead atoms. The number of rotatable bonds is 8. The molecule has 0 saturated heterocycles. The molecular formula is C19H28N2O4. The fourth-order valence-electron chi connectivity index (χ4n) is 2.80. The van der Waals surface area contributed by atoms with Crippen molar-refractivity contribution in [1.82, 2.24) is 10.6 Å². The van der Waals surface area contributed by atoms with Gasteiger partial charge in [-0.05, 0) is 42.9 Å². The van der Waals surface area contributed by atoms with Crippen LogP contribution in [0.25, 0.3) is 0 Å². The van der Waals surface area contributed by atoms with Crippen molar-refractivity contribution in [2.75, 3.05) is 0 Å². The average Bonchev–Trinajstić information content (AvgIpc) is 2.47. The lowest BCUT2D eigenvalue weighted by atomic mass is 9.96.